The van der Waals surface area contributed by atoms with Gasteiger partial charge in [-0.1, -0.05) is 24.3 Å². The summed E-state index contributed by atoms with van der Waals surface area (Å²) < 4.78 is 0. The molecular formula is C13H17N. The third-order valence-corrected chi connectivity index (χ3v) is 2.09. The van der Waals surface area contributed by atoms with Gasteiger partial charge in [0, 0.05) is 12.4 Å². The van der Waals surface area contributed by atoms with Gasteiger partial charge in [0.15, 0.2) is 0 Å². The van der Waals surface area contributed by atoms with Crippen LogP contribution in [0.15, 0.2) is 42.3 Å². The van der Waals surface area contributed by atoms with Crippen molar-refractivity contribution in [1.82, 2.24) is 4.98 Å². The van der Waals surface area contributed by atoms with E-state index in [9.17, 15) is 0 Å². The van der Waals surface area contributed by atoms with Crippen molar-refractivity contribution in [2.45, 2.75) is 27.2 Å². The number of allylic oxidation sites excluding steroid dienone is 4. The zero-order chi connectivity index (χ0) is 10.4. The quantitative estimate of drug-likeness (QED) is 0.660. The van der Waals surface area contributed by atoms with E-state index in [0.29, 0.717) is 0 Å². The van der Waals surface area contributed by atoms with Gasteiger partial charge in [-0.25, -0.2) is 0 Å². The Balaban J connectivity index is 2.77. The Labute approximate surface area is 86.2 Å². The minimum absolute atomic E-state index is 0.968. The lowest BCUT2D eigenvalue weighted by Crippen LogP contribution is -1.90. The van der Waals surface area contributed by atoms with Crippen LogP contribution in [-0.4, -0.2) is 4.98 Å². The van der Waals surface area contributed by atoms with Gasteiger partial charge < -0.3 is 0 Å². The molecule has 0 fully saturated rings. The Morgan fingerprint density at radius 2 is 2.14 bits per heavy atom. The third kappa shape index (κ3) is 3.17. The van der Waals surface area contributed by atoms with E-state index >= 15 is 0 Å². The number of hydrogen-bond donors (Lipinski definition) is 0. The molecule has 1 heterocycles. The predicted molar refractivity (Wildman–Crippen MR) is 61.2 cm³/mol. The van der Waals surface area contributed by atoms with Crippen LogP contribution in [0.2, 0.25) is 0 Å². The minimum atomic E-state index is 0.968. The number of aryl methyl sites for hydroxylation is 1. The Bertz CT molecular complexity index is 348. The summed E-state index contributed by atoms with van der Waals surface area (Å²) in [5, 5.41) is 0. The molecule has 0 aliphatic rings. The summed E-state index contributed by atoms with van der Waals surface area (Å²) in [4.78, 5) is 4.18. The van der Waals surface area contributed by atoms with Gasteiger partial charge in [0.25, 0.3) is 0 Å². The van der Waals surface area contributed by atoms with Crippen LogP contribution in [0.4, 0.5) is 0 Å². The fourth-order valence-corrected chi connectivity index (χ4v) is 1.42. The highest BCUT2D eigenvalue weighted by Gasteiger charge is 1.96. The van der Waals surface area contributed by atoms with E-state index in [1.807, 2.05) is 19.3 Å². The van der Waals surface area contributed by atoms with Gasteiger partial charge in [0.05, 0.1) is 0 Å². The highest BCUT2D eigenvalue weighted by atomic mass is 14.6. The molecule has 0 bridgehead atoms. The Morgan fingerprint density at radius 3 is 2.71 bits per heavy atom. The van der Waals surface area contributed by atoms with Crippen molar-refractivity contribution in [3.8, 4) is 0 Å². The molecule has 0 aromatic carbocycles. The van der Waals surface area contributed by atoms with E-state index in [-0.39, 0.29) is 0 Å². The summed E-state index contributed by atoms with van der Waals surface area (Å²) in [5.74, 6) is 0. The van der Waals surface area contributed by atoms with Gasteiger partial charge in [0.1, 0.15) is 0 Å². The van der Waals surface area contributed by atoms with E-state index in [4.69, 9.17) is 0 Å². The van der Waals surface area contributed by atoms with Gasteiger partial charge in [-0.15, -0.1) is 0 Å². The van der Waals surface area contributed by atoms with Crippen LogP contribution in [0, 0.1) is 6.92 Å². The first-order chi connectivity index (χ1) is 6.76. The Morgan fingerprint density at radius 1 is 1.36 bits per heavy atom. The van der Waals surface area contributed by atoms with E-state index in [2.05, 4.69) is 43.1 Å². The zero-order valence-electron chi connectivity index (χ0n) is 9.12. The predicted octanol–water partition coefficient (Wildman–Crippen LogP) is 3.45. The molecule has 0 unspecified atom stereocenters. The first-order valence-electron chi connectivity index (χ1n) is 4.94. The molecule has 74 valence electrons. The lowest BCUT2D eigenvalue weighted by Gasteiger charge is -2.02. The van der Waals surface area contributed by atoms with Crippen LogP contribution in [0.5, 0.6) is 0 Å². The standard InChI is InChI=1S/C13H17N/c1-4-6-12(5-2)8-13-7-11(3)9-14-10-13/h4-7,9-10H,8H2,1-3H3/b6-4-,12-5+. The van der Waals surface area contributed by atoms with Gasteiger partial charge in [-0.05, 0) is 43.9 Å². The Kier molecular flexibility index (Phi) is 4.11. The first-order valence-corrected chi connectivity index (χ1v) is 4.94. The summed E-state index contributed by atoms with van der Waals surface area (Å²) >= 11 is 0. The summed E-state index contributed by atoms with van der Waals surface area (Å²) in [6.45, 7) is 6.18. The molecule has 0 saturated carbocycles. The maximum Gasteiger partial charge on any atom is 0.0303 e. The van der Waals surface area contributed by atoms with Gasteiger partial charge in [0.2, 0.25) is 0 Å². The molecule has 14 heavy (non-hydrogen) atoms. The number of aromatic nitrogens is 1. The number of nitrogens with zero attached hydrogens (tertiary/aromatic N) is 1. The number of hydrogen-bond acceptors (Lipinski definition) is 1. The SMILES string of the molecule is C/C=C\C(=C/C)Cc1cncc(C)c1. The van der Waals surface area contributed by atoms with Crippen molar-refractivity contribution in [3.05, 3.63) is 53.4 Å². The second kappa shape index (κ2) is 5.38. The van der Waals surface area contributed by atoms with E-state index < -0.39 is 0 Å². The highest BCUT2D eigenvalue weighted by Crippen LogP contribution is 2.09. The van der Waals surface area contributed by atoms with Crippen LogP contribution < -0.4 is 0 Å². The third-order valence-electron chi connectivity index (χ3n) is 2.09. The number of pyridine rings is 1. The monoisotopic (exact) mass is 187 g/mol. The summed E-state index contributed by atoms with van der Waals surface area (Å²) in [5.41, 5.74) is 3.83. The van der Waals surface area contributed by atoms with Gasteiger partial charge >= 0.3 is 0 Å². The molecule has 0 saturated heterocycles. The summed E-state index contributed by atoms with van der Waals surface area (Å²) in [7, 11) is 0. The number of rotatable bonds is 3. The summed E-state index contributed by atoms with van der Waals surface area (Å²) in [6.07, 6.45) is 11.1. The minimum Gasteiger partial charge on any atom is -0.264 e. The van der Waals surface area contributed by atoms with Crippen molar-refractivity contribution in [2.75, 3.05) is 0 Å². The fraction of sp³-hybridized carbons (Fsp3) is 0.308. The van der Waals surface area contributed by atoms with Crippen molar-refractivity contribution in [1.29, 1.82) is 0 Å². The molecule has 1 nitrogen and oxygen atoms in total. The summed E-state index contributed by atoms with van der Waals surface area (Å²) in [6, 6.07) is 2.18. The molecule has 1 rings (SSSR count). The highest BCUT2D eigenvalue weighted by molar-refractivity contribution is 5.27. The lowest BCUT2D eigenvalue weighted by molar-refractivity contribution is 1.12. The fourth-order valence-electron chi connectivity index (χ4n) is 1.42. The molecule has 1 aromatic heterocycles. The maximum atomic E-state index is 4.18. The second-order valence-corrected chi connectivity index (χ2v) is 3.41. The molecule has 0 spiro atoms. The molecule has 0 radical (unpaired) electrons. The average Bonchev–Trinajstić information content (AvgIpc) is 2.17. The second-order valence-electron chi connectivity index (χ2n) is 3.41. The van der Waals surface area contributed by atoms with Gasteiger partial charge in [-0.2, -0.15) is 0 Å². The van der Waals surface area contributed by atoms with Crippen LogP contribution in [0.3, 0.4) is 0 Å². The molecule has 0 N–H and O–H groups in total. The Hall–Kier alpha value is -1.37. The van der Waals surface area contributed by atoms with Crippen molar-refractivity contribution in [3.63, 3.8) is 0 Å². The van der Waals surface area contributed by atoms with Crippen LogP contribution in [0.1, 0.15) is 25.0 Å². The molecule has 0 atom stereocenters. The molecule has 0 aliphatic carbocycles. The van der Waals surface area contributed by atoms with Crippen LogP contribution in [0.25, 0.3) is 0 Å². The smallest absolute Gasteiger partial charge is 0.0303 e. The van der Waals surface area contributed by atoms with E-state index in [1.165, 1.54) is 16.7 Å². The molecular weight excluding hydrogens is 170 g/mol. The molecule has 1 aromatic rings. The first kappa shape index (κ1) is 10.7. The van der Waals surface area contributed by atoms with Crippen molar-refractivity contribution in [2.24, 2.45) is 0 Å². The topological polar surface area (TPSA) is 12.9 Å². The normalized spacial score (nSPS) is 12.4. The lowest BCUT2D eigenvalue weighted by atomic mass is 10.1. The molecule has 0 amide bonds. The van der Waals surface area contributed by atoms with Crippen molar-refractivity contribution >= 4 is 0 Å². The van der Waals surface area contributed by atoms with Crippen molar-refractivity contribution < 1.29 is 0 Å². The van der Waals surface area contributed by atoms with Crippen LogP contribution in [-0.2, 0) is 6.42 Å². The van der Waals surface area contributed by atoms with Gasteiger partial charge in [-0.3, -0.25) is 4.98 Å². The molecule has 0 aliphatic heterocycles. The van der Waals surface area contributed by atoms with E-state index in [1.54, 1.807) is 0 Å². The van der Waals surface area contributed by atoms with E-state index in [0.717, 1.165) is 6.42 Å². The zero-order valence-corrected chi connectivity index (χ0v) is 9.12. The maximum absolute atomic E-state index is 4.18. The largest absolute Gasteiger partial charge is 0.264 e. The average molecular weight is 187 g/mol. The van der Waals surface area contributed by atoms with Crippen LogP contribution >= 0.6 is 0 Å². The molecule has 1 heteroatoms.